The molecule has 0 aromatic heterocycles. The van der Waals surface area contributed by atoms with Gasteiger partial charge >= 0.3 is 0 Å². The number of nitrogens with zero attached hydrogens (tertiary/aromatic N) is 1. The highest BCUT2D eigenvalue weighted by atomic mass is 16.3. The fourth-order valence-electron chi connectivity index (χ4n) is 3.19. The van der Waals surface area contributed by atoms with Crippen LogP contribution < -0.4 is 5.73 Å². The number of amidine groups is 1. The van der Waals surface area contributed by atoms with E-state index in [0.717, 1.165) is 12.8 Å². The summed E-state index contributed by atoms with van der Waals surface area (Å²) in [6, 6.07) is 0.272. The van der Waals surface area contributed by atoms with Crippen molar-refractivity contribution in [1.82, 2.24) is 0 Å². The zero-order chi connectivity index (χ0) is 11.2. The van der Waals surface area contributed by atoms with Gasteiger partial charge in [-0.1, -0.05) is 20.8 Å². The Morgan fingerprint density at radius 2 is 2.13 bits per heavy atom. The number of nitrogens with two attached hydrogens (primary N) is 1. The summed E-state index contributed by atoms with van der Waals surface area (Å²) < 4.78 is 0. The topological polar surface area (TPSA) is 58.6 Å². The van der Waals surface area contributed by atoms with E-state index in [1.165, 1.54) is 6.42 Å². The molecule has 1 fully saturated rings. The molecular weight excluding hydrogens is 188 g/mol. The van der Waals surface area contributed by atoms with Crippen molar-refractivity contribution in [2.75, 3.05) is 0 Å². The normalized spacial score (nSPS) is 45.4. The van der Waals surface area contributed by atoms with Gasteiger partial charge in [-0.05, 0) is 31.1 Å². The predicted octanol–water partition coefficient (Wildman–Crippen LogP) is 1.55. The highest BCUT2D eigenvalue weighted by Gasteiger charge is 2.52. The van der Waals surface area contributed by atoms with Crippen LogP contribution >= 0.6 is 0 Å². The van der Waals surface area contributed by atoms with Crippen molar-refractivity contribution in [2.24, 2.45) is 28.5 Å². The Morgan fingerprint density at radius 3 is 2.73 bits per heavy atom. The maximum absolute atomic E-state index is 10.7. The van der Waals surface area contributed by atoms with Gasteiger partial charge in [0.05, 0.1) is 6.04 Å². The number of hydrogen-bond acceptors (Lipinski definition) is 3. The molecule has 4 unspecified atom stereocenters. The van der Waals surface area contributed by atoms with Gasteiger partial charge in [-0.15, -0.1) is 0 Å². The van der Waals surface area contributed by atoms with Gasteiger partial charge in [0.2, 0.25) is 0 Å². The predicted molar refractivity (Wildman–Crippen MR) is 61.7 cm³/mol. The van der Waals surface area contributed by atoms with Gasteiger partial charge in [-0.25, -0.2) is 0 Å². The van der Waals surface area contributed by atoms with E-state index in [9.17, 15) is 5.11 Å². The maximum Gasteiger partial charge on any atom is 0.128 e. The number of aliphatic hydroxyl groups is 1. The Hall–Kier alpha value is -0.570. The molecule has 3 nitrogen and oxygen atoms in total. The molecule has 86 valence electrons. The van der Waals surface area contributed by atoms with Gasteiger partial charge in [0.1, 0.15) is 11.4 Å². The molecule has 1 heterocycles. The fourth-order valence-corrected chi connectivity index (χ4v) is 3.19. The third kappa shape index (κ3) is 1.48. The van der Waals surface area contributed by atoms with Crippen molar-refractivity contribution in [1.29, 1.82) is 0 Å². The van der Waals surface area contributed by atoms with Crippen molar-refractivity contribution in [3.63, 3.8) is 0 Å². The number of rotatable bonds is 1. The van der Waals surface area contributed by atoms with Gasteiger partial charge in [0, 0.05) is 5.92 Å². The molecule has 3 N–H and O–H groups in total. The molecule has 1 saturated carbocycles. The average Bonchev–Trinajstić information content (AvgIpc) is 2.42. The molecule has 0 radical (unpaired) electrons. The lowest BCUT2D eigenvalue weighted by molar-refractivity contribution is -0.0127. The van der Waals surface area contributed by atoms with E-state index in [-0.39, 0.29) is 17.9 Å². The summed E-state index contributed by atoms with van der Waals surface area (Å²) in [5.41, 5.74) is 5.07. The SMILES string of the molecule is CC1CCC2N=C(N)C(O)(C(C)C)C2C1. The van der Waals surface area contributed by atoms with E-state index in [2.05, 4.69) is 11.9 Å². The highest BCUT2D eigenvalue weighted by molar-refractivity contribution is 5.91. The van der Waals surface area contributed by atoms with Crippen LogP contribution in [-0.2, 0) is 0 Å². The van der Waals surface area contributed by atoms with Gasteiger partial charge < -0.3 is 10.8 Å². The van der Waals surface area contributed by atoms with Crippen LogP contribution in [-0.4, -0.2) is 22.6 Å². The zero-order valence-corrected chi connectivity index (χ0v) is 9.90. The molecule has 0 aromatic rings. The van der Waals surface area contributed by atoms with Crippen LogP contribution in [0.3, 0.4) is 0 Å². The molecule has 1 aliphatic carbocycles. The molecule has 4 atom stereocenters. The monoisotopic (exact) mass is 210 g/mol. The van der Waals surface area contributed by atoms with Crippen LogP contribution in [0.2, 0.25) is 0 Å². The van der Waals surface area contributed by atoms with E-state index in [0.29, 0.717) is 11.8 Å². The standard InChI is InChI=1S/C12H22N2O/c1-7(2)12(15)9-6-8(3)4-5-10(9)14-11(12)13/h7-10,15H,4-6H2,1-3H3,(H2,13,14). The minimum atomic E-state index is -0.848. The zero-order valence-electron chi connectivity index (χ0n) is 9.90. The Balaban J connectivity index is 2.28. The second-order valence-electron chi connectivity index (χ2n) is 5.59. The first-order valence-corrected chi connectivity index (χ1v) is 6.02. The van der Waals surface area contributed by atoms with E-state index in [1.54, 1.807) is 0 Å². The summed E-state index contributed by atoms with van der Waals surface area (Å²) in [7, 11) is 0. The Kier molecular flexibility index (Phi) is 2.53. The minimum Gasteiger partial charge on any atom is -0.385 e. The first-order valence-electron chi connectivity index (χ1n) is 6.02. The van der Waals surface area contributed by atoms with E-state index in [1.807, 2.05) is 13.8 Å². The summed E-state index contributed by atoms with van der Waals surface area (Å²) in [6.45, 7) is 6.32. The van der Waals surface area contributed by atoms with Crippen molar-refractivity contribution >= 4 is 5.84 Å². The smallest absolute Gasteiger partial charge is 0.128 e. The van der Waals surface area contributed by atoms with Crippen molar-refractivity contribution in [3.05, 3.63) is 0 Å². The van der Waals surface area contributed by atoms with Crippen LogP contribution in [0, 0.1) is 17.8 Å². The first-order chi connectivity index (χ1) is 6.96. The molecule has 0 spiro atoms. The van der Waals surface area contributed by atoms with Gasteiger partial charge in [0.25, 0.3) is 0 Å². The Bertz CT molecular complexity index is 287. The molecule has 2 rings (SSSR count). The molecule has 3 heteroatoms. The first kappa shape index (κ1) is 10.9. The Labute approximate surface area is 91.8 Å². The molecule has 0 saturated heterocycles. The fraction of sp³-hybridized carbons (Fsp3) is 0.917. The van der Waals surface area contributed by atoms with Crippen LogP contribution in [0.4, 0.5) is 0 Å². The van der Waals surface area contributed by atoms with Gasteiger partial charge in [-0.3, -0.25) is 4.99 Å². The second kappa shape index (κ2) is 3.48. The third-order valence-electron chi connectivity index (χ3n) is 4.24. The number of hydrogen-bond donors (Lipinski definition) is 2. The lowest BCUT2D eigenvalue weighted by Gasteiger charge is -2.39. The van der Waals surface area contributed by atoms with Gasteiger partial charge in [0.15, 0.2) is 0 Å². The summed E-state index contributed by atoms with van der Waals surface area (Å²) in [6.07, 6.45) is 3.36. The van der Waals surface area contributed by atoms with E-state index in [4.69, 9.17) is 5.73 Å². The van der Waals surface area contributed by atoms with E-state index < -0.39 is 5.60 Å². The van der Waals surface area contributed by atoms with Crippen LogP contribution in [0.15, 0.2) is 4.99 Å². The average molecular weight is 210 g/mol. The largest absolute Gasteiger partial charge is 0.385 e. The lowest BCUT2D eigenvalue weighted by atomic mass is 9.68. The summed E-state index contributed by atoms with van der Waals surface area (Å²) in [5.74, 6) is 1.57. The molecule has 1 aliphatic heterocycles. The molecule has 15 heavy (non-hydrogen) atoms. The molecule has 0 aromatic carbocycles. The third-order valence-corrected chi connectivity index (χ3v) is 4.24. The Morgan fingerprint density at radius 1 is 1.47 bits per heavy atom. The van der Waals surface area contributed by atoms with Crippen molar-refractivity contribution < 1.29 is 5.11 Å². The quantitative estimate of drug-likeness (QED) is 0.690. The molecule has 0 amide bonds. The number of aliphatic imine (C=N–C) groups is 1. The van der Waals surface area contributed by atoms with Crippen molar-refractivity contribution in [2.45, 2.75) is 51.7 Å². The highest BCUT2D eigenvalue weighted by Crippen LogP contribution is 2.44. The lowest BCUT2D eigenvalue weighted by Crippen LogP contribution is -2.53. The van der Waals surface area contributed by atoms with Crippen LogP contribution in [0.5, 0.6) is 0 Å². The van der Waals surface area contributed by atoms with Gasteiger partial charge in [-0.2, -0.15) is 0 Å². The summed E-state index contributed by atoms with van der Waals surface area (Å²) in [4.78, 5) is 4.46. The molecule has 0 bridgehead atoms. The summed E-state index contributed by atoms with van der Waals surface area (Å²) in [5, 5.41) is 10.7. The van der Waals surface area contributed by atoms with Crippen LogP contribution in [0.25, 0.3) is 0 Å². The maximum atomic E-state index is 10.7. The van der Waals surface area contributed by atoms with E-state index >= 15 is 0 Å². The second-order valence-corrected chi connectivity index (χ2v) is 5.59. The molecule has 2 aliphatic rings. The minimum absolute atomic E-state index is 0.154. The number of fused-ring (bicyclic) bond motifs is 1. The van der Waals surface area contributed by atoms with Crippen molar-refractivity contribution in [3.8, 4) is 0 Å². The molecular formula is C12H22N2O. The van der Waals surface area contributed by atoms with Crippen LogP contribution in [0.1, 0.15) is 40.0 Å². The summed E-state index contributed by atoms with van der Waals surface area (Å²) >= 11 is 0.